The first-order valence-electron chi connectivity index (χ1n) is 5.04. The van der Waals surface area contributed by atoms with Crippen molar-refractivity contribution in [3.8, 4) is 0 Å². The highest BCUT2D eigenvalue weighted by atomic mass is 15.1. The number of hydrogen-bond donors (Lipinski definition) is 3. The van der Waals surface area contributed by atoms with Gasteiger partial charge in [-0.15, -0.1) is 0 Å². The van der Waals surface area contributed by atoms with Crippen LogP contribution in [0.15, 0.2) is 12.1 Å². The normalized spacial score (nSPS) is 13.0. The van der Waals surface area contributed by atoms with Crippen LogP contribution in [-0.2, 0) is 0 Å². The summed E-state index contributed by atoms with van der Waals surface area (Å²) < 4.78 is 0. The van der Waals surface area contributed by atoms with E-state index >= 15 is 0 Å². The summed E-state index contributed by atoms with van der Waals surface area (Å²) in [5.74, 6) is 1.61. The Bertz CT molecular complexity index is 462. The number of H-pyrrole nitrogens is 1. The number of aromatic nitrogens is 3. The third-order valence-corrected chi connectivity index (χ3v) is 2.41. The fourth-order valence-corrected chi connectivity index (χ4v) is 1.42. The van der Waals surface area contributed by atoms with Gasteiger partial charge in [-0.25, -0.2) is 9.97 Å². The Morgan fingerprint density at radius 3 is 2.93 bits per heavy atom. The number of hydrogen-bond acceptors (Lipinski definition) is 4. The molecule has 4 N–H and O–H groups in total. The second-order valence-electron chi connectivity index (χ2n) is 3.45. The van der Waals surface area contributed by atoms with Crippen LogP contribution >= 0.6 is 0 Å². The van der Waals surface area contributed by atoms with Crippen LogP contribution in [-0.4, -0.2) is 22.0 Å². The Hall–Kier alpha value is -1.62. The van der Waals surface area contributed by atoms with E-state index in [1.807, 2.05) is 26.1 Å². The van der Waals surface area contributed by atoms with Gasteiger partial charge in [0, 0.05) is 7.05 Å². The van der Waals surface area contributed by atoms with Gasteiger partial charge in [-0.1, -0.05) is 6.92 Å². The molecule has 2 heterocycles. The second kappa shape index (κ2) is 3.86. The Labute approximate surface area is 88.1 Å². The number of imidazole rings is 1. The van der Waals surface area contributed by atoms with Crippen molar-refractivity contribution < 1.29 is 0 Å². The zero-order valence-electron chi connectivity index (χ0n) is 8.91. The Morgan fingerprint density at radius 1 is 1.47 bits per heavy atom. The smallest absolute Gasteiger partial charge is 0.179 e. The Balaban J connectivity index is 2.46. The maximum atomic E-state index is 5.89. The molecule has 0 fully saturated rings. The van der Waals surface area contributed by atoms with E-state index in [0.29, 0.717) is 5.65 Å². The quantitative estimate of drug-likeness (QED) is 0.707. The summed E-state index contributed by atoms with van der Waals surface area (Å²) in [6, 6.07) is 3.81. The van der Waals surface area contributed by atoms with Crippen LogP contribution < -0.4 is 11.1 Å². The topological polar surface area (TPSA) is 79.6 Å². The predicted octanol–water partition coefficient (Wildman–Crippen LogP) is 1.41. The number of nitrogens with zero attached hydrogens (tertiary/aromatic N) is 2. The molecule has 0 aliphatic rings. The third kappa shape index (κ3) is 1.78. The van der Waals surface area contributed by atoms with Crippen LogP contribution in [0.4, 0.5) is 5.82 Å². The number of rotatable bonds is 3. The molecule has 0 saturated heterocycles. The van der Waals surface area contributed by atoms with Crippen LogP contribution in [0.3, 0.4) is 0 Å². The first-order chi connectivity index (χ1) is 7.24. The van der Waals surface area contributed by atoms with E-state index in [0.717, 1.165) is 23.6 Å². The van der Waals surface area contributed by atoms with Crippen molar-refractivity contribution in [2.24, 2.45) is 5.73 Å². The van der Waals surface area contributed by atoms with E-state index in [-0.39, 0.29) is 6.04 Å². The number of fused-ring (bicyclic) bond motifs is 1. The van der Waals surface area contributed by atoms with Gasteiger partial charge in [-0.2, -0.15) is 0 Å². The first kappa shape index (κ1) is 9.92. The monoisotopic (exact) mass is 205 g/mol. The minimum absolute atomic E-state index is 0.0442. The number of nitrogens with two attached hydrogens (primary N) is 1. The highest BCUT2D eigenvalue weighted by molar-refractivity contribution is 5.72. The van der Waals surface area contributed by atoms with E-state index in [2.05, 4.69) is 20.3 Å². The molecule has 15 heavy (non-hydrogen) atoms. The number of aromatic amines is 1. The molecule has 2 rings (SSSR count). The second-order valence-corrected chi connectivity index (χ2v) is 3.45. The molecule has 80 valence electrons. The predicted molar refractivity (Wildman–Crippen MR) is 60.7 cm³/mol. The van der Waals surface area contributed by atoms with Crippen molar-refractivity contribution in [1.29, 1.82) is 0 Å². The molecule has 0 radical (unpaired) electrons. The van der Waals surface area contributed by atoms with Gasteiger partial charge in [0.25, 0.3) is 0 Å². The molecule has 2 aromatic rings. The summed E-state index contributed by atoms with van der Waals surface area (Å²) in [6.07, 6.45) is 0.860. The molecule has 2 aromatic heterocycles. The van der Waals surface area contributed by atoms with Gasteiger partial charge < -0.3 is 16.0 Å². The van der Waals surface area contributed by atoms with Crippen molar-refractivity contribution in [3.63, 3.8) is 0 Å². The van der Waals surface area contributed by atoms with E-state index in [1.54, 1.807) is 0 Å². The minimum atomic E-state index is -0.0442. The summed E-state index contributed by atoms with van der Waals surface area (Å²) in [6.45, 7) is 2.03. The lowest BCUT2D eigenvalue weighted by atomic mass is 10.2. The Kier molecular flexibility index (Phi) is 2.55. The average molecular weight is 205 g/mol. The molecule has 5 nitrogen and oxygen atoms in total. The van der Waals surface area contributed by atoms with E-state index < -0.39 is 0 Å². The van der Waals surface area contributed by atoms with Crippen LogP contribution in [0.2, 0.25) is 0 Å². The van der Waals surface area contributed by atoms with Crippen LogP contribution in [0.5, 0.6) is 0 Å². The molecule has 0 aliphatic heterocycles. The van der Waals surface area contributed by atoms with Crippen LogP contribution in [0.25, 0.3) is 11.2 Å². The maximum absolute atomic E-state index is 5.89. The highest BCUT2D eigenvalue weighted by Gasteiger charge is 2.09. The lowest BCUT2D eigenvalue weighted by molar-refractivity contribution is 0.660. The lowest BCUT2D eigenvalue weighted by Gasteiger charge is -2.01. The van der Waals surface area contributed by atoms with Gasteiger partial charge in [-0.3, -0.25) is 0 Å². The SMILES string of the molecule is CCC(N)c1nc2nc(NC)ccc2[nH]1. The maximum Gasteiger partial charge on any atom is 0.179 e. The standard InChI is InChI=1S/C10H15N5/c1-3-6(11)9-13-7-4-5-8(12-2)14-10(7)15-9/h4-6H,3,11H2,1-2H3,(H2,12,13,14,15). The third-order valence-electron chi connectivity index (χ3n) is 2.41. The molecule has 5 heteroatoms. The van der Waals surface area contributed by atoms with Crippen LogP contribution in [0, 0.1) is 0 Å². The van der Waals surface area contributed by atoms with Crippen molar-refractivity contribution in [1.82, 2.24) is 15.0 Å². The van der Waals surface area contributed by atoms with Gasteiger partial charge in [0.2, 0.25) is 0 Å². The van der Waals surface area contributed by atoms with Gasteiger partial charge in [-0.05, 0) is 18.6 Å². The molecule has 0 aliphatic carbocycles. The fraction of sp³-hybridized carbons (Fsp3) is 0.400. The summed E-state index contributed by atoms with van der Waals surface area (Å²) in [5.41, 5.74) is 7.52. The van der Waals surface area contributed by atoms with Crippen molar-refractivity contribution in [2.45, 2.75) is 19.4 Å². The zero-order valence-corrected chi connectivity index (χ0v) is 8.91. The van der Waals surface area contributed by atoms with E-state index in [4.69, 9.17) is 5.73 Å². The summed E-state index contributed by atoms with van der Waals surface area (Å²) >= 11 is 0. The van der Waals surface area contributed by atoms with Gasteiger partial charge in [0.1, 0.15) is 11.6 Å². The van der Waals surface area contributed by atoms with Gasteiger partial charge >= 0.3 is 0 Å². The number of nitrogens with one attached hydrogen (secondary N) is 2. The summed E-state index contributed by atoms with van der Waals surface area (Å²) in [7, 11) is 1.83. The molecular formula is C10H15N5. The fourth-order valence-electron chi connectivity index (χ4n) is 1.42. The van der Waals surface area contributed by atoms with Crippen molar-refractivity contribution >= 4 is 17.0 Å². The molecule has 0 spiro atoms. The molecule has 0 bridgehead atoms. The van der Waals surface area contributed by atoms with Gasteiger partial charge in [0.05, 0.1) is 11.6 Å². The van der Waals surface area contributed by atoms with Crippen LogP contribution in [0.1, 0.15) is 25.2 Å². The largest absolute Gasteiger partial charge is 0.373 e. The van der Waals surface area contributed by atoms with Crippen molar-refractivity contribution in [2.75, 3.05) is 12.4 Å². The Morgan fingerprint density at radius 2 is 2.27 bits per heavy atom. The van der Waals surface area contributed by atoms with Gasteiger partial charge in [0.15, 0.2) is 5.65 Å². The summed E-state index contributed by atoms with van der Waals surface area (Å²) in [4.78, 5) is 11.9. The van der Waals surface area contributed by atoms with Crippen molar-refractivity contribution in [3.05, 3.63) is 18.0 Å². The number of pyridine rings is 1. The van der Waals surface area contributed by atoms with E-state index in [9.17, 15) is 0 Å². The molecule has 1 unspecified atom stereocenters. The molecule has 1 atom stereocenters. The molecular weight excluding hydrogens is 190 g/mol. The highest BCUT2D eigenvalue weighted by Crippen LogP contribution is 2.16. The van der Waals surface area contributed by atoms with E-state index in [1.165, 1.54) is 0 Å². The molecule has 0 aromatic carbocycles. The number of anilines is 1. The lowest BCUT2D eigenvalue weighted by Crippen LogP contribution is -2.10. The molecule has 0 amide bonds. The average Bonchev–Trinajstić information content (AvgIpc) is 2.70. The summed E-state index contributed by atoms with van der Waals surface area (Å²) in [5, 5.41) is 2.98. The zero-order chi connectivity index (χ0) is 10.8. The molecule has 0 saturated carbocycles. The first-order valence-corrected chi connectivity index (χ1v) is 5.04. The minimum Gasteiger partial charge on any atom is -0.373 e.